The lowest BCUT2D eigenvalue weighted by Crippen LogP contribution is -2.13. The van der Waals surface area contributed by atoms with Gasteiger partial charge in [0.1, 0.15) is 11.6 Å². The monoisotopic (exact) mass is 374 g/mol. The first-order valence-corrected chi connectivity index (χ1v) is 8.02. The fraction of sp³-hybridized carbons (Fsp3) is 0.0769. The van der Waals surface area contributed by atoms with Crippen LogP contribution in [0.1, 0.15) is 0 Å². The molecule has 0 aliphatic carbocycles. The number of hydrogen-bond donors (Lipinski definition) is 2. The van der Waals surface area contributed by atoms with E-state index in [9.17, 15) is 12.8 Å². The van der Waals surface area contributed by atoms with Gasteiger partial charge in [0.15, 0.2) is 0 Å². The van der Waals surface area contributed by atoms with E-state index >= 15 is 0 Å². The van der Waals surface area contributed by atoms with Crippen molar-refractivity contribution in [3.05, 3.63) is 46.7 Å². The predicted octanol–water partition coefficient (Wildman–Crippen LogP) is 2.98. The molecule has 0 spiro atoms. The van der Waals surface area contributed by atoms with E-state index < -0.39 is 15.8 Å². The molecule has 0 bridgehead atoms. The minimum Gasteiger partial charge on any atom is -0.495 e. The highest BCUT2D eigenvalue weighted by Crippen LogP contribution is 2.29. The Bertz CT molecular complexity index is 781. The zero-order valence-electron chi connectivity index (χ0n) is 10.9. The first-order valence-electron chi connectivity index (χ1n) is 5.75. The van der Waals surface area contributed by atoms with Crippen LogP contribution in [-0.4, -0.2) is 15.5 Å². The van der Waals surface area contributed by atoms with Crippen LogP contribution in [0, 0.1) is 5.82 Å². The summed E-state index contributed by atoms with van der Waals surface area (Å²) in [6.45, 7) is 0. The lowest BCUT2D eigenvalue weighted by atomic mass is 10.3. The van der Waals surface area contributed by atoms with E-state index in [0.717, 1.165) is 18.2 Å². The summed E-state index contributed by atoms with van der Waals surface area (Å²) < 4.78 is 45.7. The second-order valence-electron chi connectivity index (χ2n) is 4.14. The molecule has 0 aromatic heterocycles. The number of sulfonamides is 1. The molecular formula is C13H12BrFN2O3S. The third-order valence-corrected chi connectivity index (χ3v) is 4.72. The van der Waals surface area contributed by atoms with Gasteiger partial charge in [-0.1, -0.05) is 0 Å². The van der Waals surface area contributed by atoms with Crippen molar-refractivity contribution in [2.75, 3.05) is 17.6 Å². The zero-order valence-corrected chi connectivity index (χ0v) is 13.3. The molecule has 0 saturated heterocycles. The van der Waals surface area contributed by atoms with E-state index in [2.05, 4.69) is 20.7 Å². The smallest absolute Gasteiger partial charge is 0.261 e. The molecule has 2 aromatic carbocycles. The van der Waals surface area contributed by atoms with Crippen molar-refractivity contribution in [3.8, 4) is 5.75 Å². The summed E-state index contributed by atoms with van der Waals surface area (Å²) >= 11 is 3.27. The summed E-state index contributed by atoms with van der Waals surface area (Å²) in [6.07, 6.45) is 0. The largest absolute Gasteiger partial charge is 0.495 e. The van der Waals surface area contributed by atoms with Gasteiger partial charge in [-0.25, -0.2) is 12.8 Å². The third-order valence-electron chi connectivity index (χ3n) is 2.68. The average Bonchev–Trinajstić information content (AvgIpc) is 2.43. The summed E-state index contributed by atoms with van der Waals surface area (Å²) in [4.78, 5) is -0.122. The number of halogens is 2. The minimum atomic E-state index is -3.86. The maximum absolute atomic E-state index is 13.1. The number of nitrogens with two attached hydrogens (primary N) is 1. The van der Waals surface area contributed by atoms with Gasteiger partial charge in [0, 0.05) is 6.07 Å². The Hall–Kier alpha value is -1.80. The molecule has 0 aliphatic heterocycles. The molecule has 0 heterocycles. The predicted molar refractivity (Wildman–Crippen MR) is 82.3 cm³/mol. The fourth-order valence-electron chi connectivity index (χ4n) is 1.63. The molecule has 8 heteroatoms. The average molecular weight is 375 g/mol. The van der Waals surface area contributed by atoms with Gasteiger partial charge in [-0.05, 0) is 46.3 Å². The first kappa shape index (κ1) is 15.6. The number of nitrogens with one attached hydrogen (secondary N) is 1. The van der Waals surface area contributed by atoms with Crippen molar-refractivity contribution < 1.29 is 17.5 Å². The highest BCUT2D eigenvalue weighted by Gasteiger charge is 2.16. The molecule has 0 radical (unpaired) electrons. The van der Waals surface area contributed by atoms with E-state index in [1.807, 2.05) is 0 Å². The van der Waals surface area contributed by atoms with Crippen molar-refractivity contribution in [2.45, 2.75) is 4.90 Å². The molecule has 2 rings (SSSR count). The van der Waals surface area contributed by atoms with Gasteiger partial charge in [-0.2, -0.15) is 0 Å². The van der Waals surface area contributed by atoms with Gasteiger partial charge in [0.05, 0.1) is 27.9 Å². The normalized spacial score (nSPS) is 11.2. The standard InChI is InChI=1S/C13H12BrFN2O3S/c1-20-13-6-8(2-4-10(13)14)17-21(18,19)9-3-5-11(15)12(16)7-9/h2-7,17H,16H2,1H3. The van der Waals surface area contributed by atoms with Crippen LogP contribution in [0.15, 0.2) is 45.8 Å². The van der Waals surface area contributed by atoms with E-state index in [1.165, 1.54) is 13.2 Å². The molecule has 0 fully saturated rings. The van der Waals surface area contributed by atoms with Crippen molar-refractivity contribution in [1.82, 2.24) is 0 Å². The summed E-state index contributed by atoms with van der Waals surface area (Å²) in [5.41, 5.74) is 5.47. The highest BCUT2D eigenvalue weighted by atomic mass is 79.9. The molecule has 112 valence electrons. The molecule has 5 nitrogen and oxygen atoms in total. The van der Waals surface area contributed by atoms with E-state index in [-0.39, 0.29) is 10.6 Å². The molecule has 3 N–H and O–H groups in total. The second kappa shape index (κ2) is 5.90. The zero-order chi connectivity index (χ0) is 15.6. The first-order chi connectivity index (χ1) is 9.83. The number of benzene rings is 2. The maximum atomic E-state index is 13.1. The molecule has 0 amide bonds. The molecule has 2 aromatic rings. The summed E-state index contributed by atoms with van der Waals surface area (Å²) in [5, 5.41) is 0. The number of ether oxygens (including phenoxy) is 1. The van der Waals surface area contributed by atoms with Crippen molar-refractivity contribution in [3.63, 3.8) is 0 Å². The van der Waals surface area contributed by atoms with E-state index in [4.69, 9.17) is 10.5 Å². The second-order valence-corrected chi connectivity index (χ2v) is 6.67. The Balaban J connectivity index is 2.35. The molecule has 0 saturated carbocycles. The molecule has 0 aliphatic rings. The lowest BCUT2D eigenvalue weighted by molar-refractivity contribution is 0.412. The Morgan fingerprint density at radius 3 is 2.57 bits per heavy atom. The summed E-state index contributed by atoms with van der Waals surface area (Å²) in [5.74, 6) is -0.187. The number of nitrogen functional groups attached to an aromatic ring is 1. The van der Waals surface area contributed by atoms with Gasteiger partial charge < -0.3 is 10.5 Å². The molecule has 21 heavy (non-hydrogen) atoms. The number of anilines is 2. The highest BCUT2D eigenvalue weighted by molar-refractivity contribution is 9.10. The third kappa shape index (κ3) is 3.45. The van der Waals surface area contributed by atoms with Gasteiger partial charge in [-0.15, -0.1) is 0 Å². The number of methoxy groups -OCH3 is 1. The molecule has 0 unspecified atom stereocenters. The number of hydrogen-bond acceptors (Lipinski definition) is 4. The van der Waals surface area contributed by atoms with Crippen LogP contribution in [0.3, 0.4) is 0 Å². The van der Waals surface area contributed by atoms with Gasteiger partial charge in [-0.3, -0.25) is 4.72 Å². The summed E-state index contributed by atoms with van der Waals surface area (Å²) in [6, 6.07) is 7.95. The quantitative estimate of drug-likeness (QED) is 0.806. The Morgan fingerprint density at radius 1 is 1.24 bits per heavy atom. The van der Waals surface area contributed by atoms with E-state index in [1.54, 1.807) is 12.1 Å². The Morgan fingerprint density at radius 2 is 1.95 bits per heavy atom. The molecule has 0 atom stereocenters. The Labute approximate surface area is 130 Å². The van der Waals surface area contributed by atoms with Gasteiger partial charge in [0.25, 0.3) is 10.0 Å². The minimum absolute atomic E-state index is 0.122. The van der Waals surface area contributed by atoms with Gasteiger partial charge >= 0.3 is 0 Å². The number of rotatable bonds is 4. The van der Waals surface area contributed by atoms with Gasteiger partial charge in [0.2, 0.25) is 0 Å². The topological polar surface area (TPSA) is 81.4 Å². The molecular weight excluding hydrogens is 363 g/mol. The van der Waals surface area contributed by atoms with Crippen LogP contribution >= 0.6 is 15.9 Å². The van der Waals surface area contributed by atoms with Crippen LogP contribution in [0.5, 0.6) is 5.75 Å². The van der Waals surface area contributed by atoms with E-state index in [0.29, 0.717) is 15.9 Å². The Kier molecular flexibility index (Phi) is 4.38. The van der Waals surface area contributed by atoms with Crippen LogP contribution in [-0.2, 0) is 10.0 Å². The maximum Gasteiger partial charge on any atom is 0.261 e. The van der Waals surface area contributed by atoms with Crippen molar-refractivity contribution >= 4 is 37.3 Å². The summed E-state index contributed by atoms with van der Waals surface area (Å²) in [7, 11) is -2.39. The van der Waals surface area contributed by atoms with Crippen LogP contribution in [0.4, 0.5) is 15.8 Å². The fourth-order valence-corrected chi connectivity index (χ4v) is 3.12. The van der Waals surface area contributed by atoms with Crippen LogP contribution < -0.4 is 15.2 Å². The SMILES string of the molecule is COc1cc(NS(=O)(=O)c2ccc(F)c(N)c2)ccc1Br. The van der Waals surface area contributed by atoms with Crippen molar-refractivity contribution in [1.29, 1.82) is 0 Å². The lowest BCUT2D eigenvalue weighted by Gasteiger charge is -2.11. The van der Waals surface area contributed by atoms with Crippen molar-refractivity contribution in [2.24, 2.45) is 0 Å². The van der Waals surface area contributed by atoms with Crippen LogP contribution in [0.2, 0.25) is 0 Å². The van der Waals surface area contributed by atoms with Crippen LogP contribution in [0.25, 0.3) is 0 Å².